The van der Waals surface area contributed by atoms with E-state index >= 15 is 0 Å². The highest BCUT2D eigenvalue weighted by Gasteiger charge is 2.52. The van der Waals surface area contributed by atoms with Crippen molar-refractivity contribution in [2.45, 2.75) is 129 Å². The van der Waals surface area contributed by atoms with Gasteiger partial charge in [-0.15, -0.1) is 0 Å². The van der Waals surface area contributed by atoms with E-state index in [9.17, 15) is 24.0 Å². The van der Waals surface area contributed by atoms with Gasteiger partial charge in [-0.1, -0.05) is 58.3 Å². The molecule has 1 aliphatic rings. The predicted octanol–water partition coefficient (Wildman–Crippen LogP) is 3.11. The van der Waals surface area contributed by atoms with Crippen molar-refractivity contribution in [2.75, 3.05) is 6.61 Å². The second-order valence-corrected chi connectivity index (χ2v) is 9.27. The van der Waals surface area contributed by atoms with E-state index in [0.717, 1.165) is 40.0 Å². The Morgan fingerprint density at radius 2 is 1.14 bits per heavy atom. The lowest BCUT2D eigenvalue weighted by Crippen LogP contribution is -2.66. The Morgan fingerprint density at radius 1 is 0.649 bits per heavy atom. The number of unbranched alkanes of at least 4 members (excludes halogenated alkanes) is 8. The Morgan fingerprint density at radius 3 is 1.65 bits per heavy atom. The number of carbonyl (C=O) groups excluding carboxylic acids is 5. The number of rotatable bonds is 16. The first kappa shape index (κ1) is 32.3. The zero-order valence-corrected chi connectivity index (χ0v) is 22.7. The van der Waals surface area contributed by atoms with E-state index < -0.39 is 54.5 Å². The lowest BCUT2D eigenvalue weighted by Gasteiger charge is -2.44. The summed E-state index contributed by atoms with van der Waals surface area (Å²) >= 11 is 0. The van der Waals surface area contributed by atoms with Crippen LogP contribution < -0.4 is 5.32 Å². The first-order chi connectivity index (χ1) is 17.5. The third-order valence-corrected chi connectivity index (χ3v) is 5.80. The van der Waals surface area contributed by atoms with E-state index in [2.05, 4.69) is 12.2 Å². The summed E-state index contributed by atoms with van der Waals surface area (Å²) in [5, 5.41) is 2.68. The summed E-state index contributed by atoms with van der Waals surface area (Å²) in [7, 11) is 0. The molecule has 1 amide bonds. The summed E-state index contributed by atoms with van der Waals surface area (Å²) in [5.41, 5.74) is 0. The van der Waals surface area contributed by atoms with Gasteiger partial charge in [-0.2, -0.15) is 0 Å². The lowest BCUT2D eigenvalue weighted by atomic mass is 9.97. The van der Waals surface area contributed by atoms with Crippen LogP contribution in [0.15, 0.2) is 0 Å². The molecule has 1 fully saturated rings. The van der Waals surface area contributed by atoms with Crippen molar-refractivity contribution in [3.63, 3.8) is 0 Å². The number of hydrogen-bond acceptors (Lipinski definition) is 10. The molecule has 5 atom stereocenters. The minimum atomic E-state index is -1.31. The van der Waals surface area contributed by atoms with Gasteiger partial charge in [0.15, 0.2) is 24.5 Å². The van der Waals surface area contributed by atoms with Gasteiger partial charge in [0.25, 0.3) is 0 Å². The Hall–Kier alpha value is -2.69. The quantitative estimate of drug-likeness (QED) is 0.180. The molecular weight excluding hydrogens is 486 g/mol. The molecule has 3 unspecified atom stereocenters. The molecule has 0 aromatic carbocycles. The van der Waals surface area contributed by atoms with E-state index in [4.69, 9.17) is 23.7 Å². The Kier molecular flexibility index (Phi) is 15.5. The molecule has 0 aromatic rings. The van der Waals surface area contributed by atoms with Crippen molar-refractivity contribution in [3.05, 3.63) is 0 Å². The second kappa shape index (κ2) is 17.7. The second-order valence-electron chi connectivity index (χ2n) is 9.27. The number of carbonyl (C=O) groups is 5. The van der Waals surface area contributed by atoms with Crippen LogP contribution in [0.2, 0.25) is 0 Å². The van der Waals surface area contributed by atoms with Gasteiger partial charge in [0, 0.05) is 34.1 Å². The van der Waals surface area contributed by atoms with Crippen LogP contribution in [0.5, 0.6) is 0 Å². The van der Waals surface area contributed by atoms with Gasteiger partial charge < -0.3 is 29.0 Å². The fraction of sp³-hybridized carbons (Fsp3) is 0.808. The molecule has 0 aromatic heterocycles. The number of esters is 4. The van der Waals surface area contributed by atoms with Crippen LogP contribution in [0.25, 0.3) is 0 Å². The van der Waals surface area contributed by atoms with Crippen molar-refractivity contribution in [2.24, 2.45) is 0 Å². The maximum absolute atomic E-state index is 12.7. The number of hydrogen-bond donors (Lipinski definition) is 1. The summed E-state index contributed by atoms with van der Waals surface area (Å²) in [6.45, 7) is 6.48. The smallest absolute Gasteiger partial charge is 0.303 e. The molecule has 0 bridgehead atoms. The highest BCUT2D eigenvalue weighted by atomic mass is 16.7. The molecule has 0 aliphatic carbocycles. The SMILES string of the molecule is CCCCCCCCCCCC(=O)N[C@@H]1OC(COC(C)=O)[C@@H](OC(C)=O)C(OC(C)=O)C1OC(C)=O. The lowest BCUT2D eigenvalue weighted by molar-refractivity contribution is -0.257. The molecule has 11 heteroatoms. The molecule has 1 saturated heterocycles. The minimum absolute atomic E-state index is 0.225. The first-order valence-electron chi connectivity index (χ1n) is 13.1. The molecule has 0 radical (unpaired) electrons. The molecular formula is C26H43NO10. The van der Waals surface area contributed by atoms with Crippen molar-refractivity contribution in [1.29, 1.82) is 0 Å². The molecule has 0 spiro atoms. The van der Waals surface area contributed by atoms with Crippen LogP contribution in [0.4, 0.5) is 0 Å². The van der Waals surface area contributed by atoms with Crippen molar-refractivity contribution < 1.29 is 47.7 Å². The monoisotopic (exact) mass is 529 g/mol. The van der Waals surface area contributed by atoms with Crippen LogP contribution in [0, 0.1) is 0 Å². The van der Waals surface area contributed by atoms with Crippen LogP contribution >= 0.6 is 0 Å². The van der Waals surface area contributed by atoms with E-state index in [1.807, 2.05) is 0 Å². The number of amides is 1. The predicted molar refractivity (Wildman–Crippen MR) is 132 cm³/mol. The fourth-order valence-corrected chi connectivity index (χ4v) is 4.17. The summed E-state index contributed by atoms with van der Waals surface area (Å²) in [5.74, 6) is -3.12. The average Bonchev–Trinajstić information content (AvgIpc) is 2.79. The molecule has 0 saturated carbocycles. The zero-order chi connectivity index (χ0) is 27.8. The van der Waals surface area contributed by atoms with Crippen LogP contribution in [-0.2, 0) is 47.7 Å². The molecule has 1 aliphatic heterocycles. The minimum Gasteiger partial charge on any atom is -0.463 e. The van der Waals surface area contributed by atoms with Gasteiger partial charge >= 0.3 is 23.9 Å². The molecule has 1 heterocycles. The number of ether oxygens (including phenoxy) is 5. The van der Waals surface area contributed by atoms with Crippen molar-refractivity contribution >= 4 is 29.8 Å². The zero-order valence-electron chi connectivity index (χ0n) is 22.7. The van der Waals surface area contributed by atoms with Crippen molar-refractivity contribution in [3.8, 4) is 0 Å². The van der Waals surface area contributed by atoms with E-state index in [-0.39, 0.29) is 18.9 Å². The molecule has 11 nitrogen and oxygen atoms in total. The standard InChI is InChI=1S/C26H43NO10/c1-6-7-8-9-10-11-12-13-14-15-22(32)27-26-25(36-20(5)31)24(35-19(4)30)23(34-18(3)29)21(37-26)16-33-17(2)28/h21,23-26H,6-16H2,1-5H3,(H,27,32)/t21?,23-,24?,25?,26-/m1/s1. The first-order valence-corrected chi connectivity index (χ1v) is 13.1. The maximum Gasteiger partial charge on any atom is 0.303 e. The maximum atomic E-state index is 12.7. The third-order valence-electron chi connectivity index (χ3n) is 5.80. The van der Waals surface area contributed by atoms with Gasteiger partial charge in [-0.05, 0) is 6.42 Å². The Balaban J connectivity index is 2.87. The fourth-order valence-electron chi connectivity index (χ4n) is 4.17. The van der Waals surface area contributed by atoms with E-state index in [1.54, 1.807) is 0 Å². The van der Waals surface area contributed by atoms with Gasteiger partial charge in [0.1, 0.15) is 12.7 Å². The summed E-state index contributed by atoms with van der Waals surface area (Å²) in [6, 6.07) is 0. The third kappa shape index (κ3) is 13.4. The molecule has 1 N–H and O–H groups in total. The Bertz CT molecular complexity index is 756. The average molecular weight is 530 g/mol. The normalized spacial score (nSPS) is 23.0. The number of nitrogens with one attached hydrogen (secondary N) is 1. The van der Waals surface area contributed by atoms with E-state index in [0.29, 0.717) is 6.42 Å². The topological polar surface area (TPSA) is 144 Å². The van der Waals surface area contributed by atoms with Crippen LogP contribution in [0.3, 0.4) is 0 Å². The highest BCUT2D eigenvalue weighted by Crippen LogP contribution is 2.28. The summed E-state index contributed by atoms with van der Waals surface area (Å²) < 4.78 is 26.9. The van der Waals surface area contributed by atoms with Crippen molar-refractivity contribution in [1.82, 2.24) is 5.32 Å². The summed E-state index contributed by atoms with van der Waals surface area (Å²) in [4.78, 5) is 59.6. The Labute approximate surface area is 219 Å². The van der Waals surface area contributed by atoms with E-state index in [1.165, 1.54) is 39.0 Å². The van der Waals surface area contributed by atoms with Gasteiger partial charge in [-0.3, -0.25) is 24.0 Å². The largest absolute Gasteiger partial charge is 0.463 e. The van der Waals surface area contributed by atoms with Gasteiger partial charge in [-0.25, -0.2) is 0 Å². The summed E-state index contributed by atoms with van der Waals surface area (Å²) in [6.07, 6.45) is 3.95. The van der Waals surface area contributed by atoms with Gasteiger partial charge in [0.2, 0.25) is 5.91 Å². The molecule has 1 rings (SSSR count). The van der Waals surface area contributed by atoms with Gasteiger partial charge in [0.05, 0.1) is 0 Å². The van der Waals surface area contributed by atoms with Crippen LogP contribution in [0.1, 0.15) is 98.8 Å². The van der Waals surface area contributed by atoms with Crippen LogP contribution in [-0.4, -0.2) is 67.0 Å². The highest BCUT2D eigenvalue weighted by molar-refractivity contribution is 5.76. The molecule has 37 heavy (non-hydrogen) atoms. The molecule has 212 valence electrons.